The van der Waals surface area contributed by atoms with Crippen LogP contribution < -0.4 is 24.4 Å². The number of nitriles is 1. The highest BCUT2D eigenvalue weighted by Gasteiger charge is 2.35. The fourth-order valence-electron chi connectivity index (χ4n) is 5.17. The first-order valence-corrected chi connectivity index (χ1v) is 14.9. The van der Waals surface area contributed by atoms with Gasteiger partial charge in [-0.1, -0.05) is 59.9 Å². The lowest BCUT2D eigenvalue weighted by molar-refractivity contribution is -0.127. The predicted octanol–water partition coefficient (Wildman–Crippen LogP) is 4.56. The molecule has 1 aliphatic heterocycles. The first-order chi connectivity index (χ1) is 20.9. The van der Waals surface area contributed by atoms with Crippen molar-refractivity contribution in [2.24, 2.45) is 4.99 Å². The number of hydrogen-bond donors (Lipinski definition) is 0. The van der Waals surface area contributed by atoms with E-state index in [0.717, 1.165) is 11.1 Å². The third kappa shape index (κ3) is 5.87. The largest absolute Gasteiger partial charge is 0.496 e. The van der Waals surface area contributed by atoms with Crippen molar-refractivity contribution in [2.75, 3.05) is 20.2 Å². The zero-order chi connectivity index (χ0) is 30.5. The SMILES string of the molecule is CCN(CC)C(=O)C1=C(C)N=c2s/c(=C/c3ccccc3OCc3ccc(C#N)cc3)c(=O)n2[C@H]1c1ccccc1OC. The van der Waals surface area contributed by atoms with E-state index in [2.05, 4.69) is 6.07 Å². The van der Waals surface area contributed by atoms with Crippen LogP contribution >= 0.6 is 11.3 Å². The quantitative estimate of drug-likeness (QED) is 0.284. The summed E-state index contributed by atoms with van der Waals surface area (Å²) in [5, 5.41) is 9.06. The number of carbonyl (C=O) groups is 1. The van der Waals surface area contributed by atoms with E-state index < -0.39 is 6.04 Å². The number of allylic oxidation sites excluding steroid dienone is 1. The molecule has 0 N–H and O–H groups in total. The number of thiazole rings is 1. The molecule has 8 nitrogen and oxygen atoms in total. The first-order valence-electron chi connectivity index (χ1n) is 14.1. The highest BCUT2D eigenvalue weighted by atomic mass is 32.1. The summed E-state index contributed by atoms with van der Waals surface area (Å²) >= 11 is 1.28. The zero-order valence-electron chi connectivity index (χ0n) is 24.5. The van der Waals surface area contributed by atoms with Crippen LogP contribution in [0.5, 0.6) is 11.5 Å². The number of ether oxygens (including phenoxy) is 2. The van der Waals surface area contributed by atoms with Crippen LogP contribution in [0.1, 0.15) is 49.1 Å². The van der Waals surface area contributed by atoms with E-state index in [1.807, 2.05) is 87.5 Å². The van der Waals surface area contributed by atoms with Gasteiger partial charge in [0.2, 0.25) is 0 Å². The van der Waals surface area contributed by atoms with Crippen LogP contribution in [0.15, 0.2) is 93.9 Å². The number of aromatic nitrogens is 1. The van der Waals surface area contributed by atoms with E-state index in [1.54, 1.807) is 28.7 Å². The fourth-order valence-corrected chi connectivity index (χ4v) is 6.21. The molecule has 1 atom stereocenters. The average Bonchev–Trinajstić information content (AvgIpc) is 3.34. The van der Waals surface area contributed by atoms with Crippen molar-refractivity contribution in [3.05, 3.63) is 126 Å². The Morgan fingerprint density at radius 3 is 2.40 bits per heavy atom. The number of methoxy groups -OCH3 is 1. The maximum atomic E-state index is 14.2. The second kappa shape index (κ2) is 12.9. The molecule has 0 bridgehead atoms. The molecule has 0 saturated carbocycles. The van der Waals surface area contributed by atoms with Gasteiger partial charge in [-0.3, -0.25) is 14.2 Å². The second-order valence-electron chi connectivity index (χ2n) is 9.94. The Kier molecular flexibility index (Phi) is 8.88. The van der Waals surface area contributed by atoms with Gasteiger partial charge in [-0.25, -0.2) is 4.99 Å². The maximum absolute atomic E-state index is 14.2. The molecule has 9 heteroatoms. The summed E-state index contributed by atoms with van der Waals surface area (Å²) < 4.78 is 13.9. The molecular formula is C34H32N4O4S. The number of fused-ring (bicyclic) bond motifs is 1. The molecule has 0 saturated heterocycles. The summed E-state index contributed by atoms with van der Waals surface area (Å²) in [6.07, 6.45) is 1.81. The molecule has 4 aromatic rings. The van der Waals surface area contributed by atoms with Crippen LogP contribution in [0.2, 0.25) is 0 Å². The highest BCUT2D eigenvalue weighted by Crippen LogP contribution is 2.36. The number of likely N-dealkylation sites (N-methyl/N-ethyl adjacent to an activating group) is 1. The van der Waals surface area contributed by atoms with Gasteiger partial charge in [0, 0.05) is 24.2 Å². The number of carbonyl (C=O) groups excluding carboxylic acids is 1. The molecule has 218 valence electrons. The molecule has 5 rings (SSSR count). The van der Waals surface area contributed by atoms with Crippen molar-refractivity contribution in [3.63, 3.8) is 0 Å². The Morgan fingerprint density at radius 2 is 1.72 bits per heavy atom. The van der Waals surface area contributed by atoms with E-state index in [0.29, 0.717) is 62.9 Å². The van der Waals surface area contributed by atoms with Crippen LogP contribution in [0.25, 0.3) is 6.08 Å². The van der Waals surface area contributed by atoms with Crippen molar-refractivity contribution >= 4 is 23.3 Å². The minimum atomic E-state index is -0.703. The van der Waals surface area contributed by atoms with Gasteiger partial charge >= 0.3 is 0 Å². The molecule has 0 aliphatic carbocycles. The minimum Gasteiger partial charge on any atom is -0.496 e. The molecule has 0 radical (unpaired) electrons. The number of benzene rings is 3. The summed E-state index contributed by atoms with van der Waals surface area (Å²) in [6.45, 7) is 7.07. The van der Waals surface area contributed by atoms with Crippen LogP contribution in [0.4, 0.5) is 0 Å². The lowest BCUT2D eigenvalue weighted by Crippen LogP contribution is -2.43. The molecule has 0 unspecified atom stereocenters. The Balaban J connectivity index is 1.61. The number of hydrogen-bond acceptors (Lipinski definition) is 7. The Morgan fingerprint density at radius 1 is 1.05 bits per heavy atom. The van der Waals surface area contributed by atoms with Gasteiger partial charge in [-0.15, -0.1) is 0 Å². The lowest BCUT2D eigenvalue weighted by Gasteiger charge is -2.29. The number of nitrogens with zero attached hydrogens (tertiary/aromatic N) is 4. The summed E-state index contributed by atoms with van der Waals surface area (Å²) in [5.41, 5.74) is 3.75. The lowest BCUT2D eigenvalue weighted by atomic mass is 9.94. The standard InChI is InChI=1S/C34H32N4O4S/c1-5-37(6-2)33(40)30-22(3)36-34-38(31(30)26-12-8-10-14-28(26)41-4)32(39)29(43-34)19-25-11-7-9-13-27(25)42-21-24-17-15-23(20-35)16-18-24/h7-19,31H,5-6,21H2,1-4H3/b29-19+/t31-/m0/s1. The van der Waals surface area contributed by atoms with Crippen molar-refractivity contribution in [2.45, 2.75) is 33.4 Å². The van der Waals surface area contributed by atoms with E-state index in [-0.39, 0.29) is 11.5 Å². The van der Waals surface area contributed by atoms with Crippen LogP contribution in [-0.4, -0.2) is 35.6 Å². The third-order valence-electron chi connectivity index (χ3n) is 7.42. The molecule has 1 aromatic heterocycles. The van der Waals surface area contributed by atoms with Gasteiger partial charge in [-0.05, 0) is 56.7 Å². The summed E-state index contributed by atoms with van der Waals surface area (Å²) in [4.78, 5) is 35.0. The molecular weight excluding hydrogens is 560 g/mol. The molecule has 2 heterocycles. The van der Waals surface area contributed by atoms with Crippen LogP contribution in [-0.2, 0) is 11.4 Å². The summed E-state index contributed by atoms with van der Waals surface area (Å²) in [6, 6.07) is 23.6. The van der Waals surface area contributed by atoms with Gasteiger partial charge in [-0.2, -0.15) is 5.26 Å². The topological polar surface area (TPSA) is 96.9 Å². The van der Waals surface area contributed by atoms with E-state index in [9.17, 15) is 9.59 Å². The predicted molar refractivity (Wildman–Crippen MR) is 167 cm³/mol. The van der Waals surface area contributed by atoms with Crippen molar-refractivity contribution in [1.29, 1.82) is 5.26 Å². The Bertz CT molecular complexity index is 1910. The number of para-hydroxylation sites is 2. The zero-order valence-corrected chi connectivity index (χ0v) is 25.4. The van der Waals surface area contributed by atoms with E-state index >= 15 is 0 Å². The highest BCUT2D eigenvalue weighted by molar-refractivity contribution is 7.07. The molecule has 43 heavy (non-hydrogen) atoms. The summed E-state index contributed by atoms with van der Waals surface area (Å²) in [7, 11) is 1.58. The van der Waals surface area contributed by atoms with Gasteiger partial charge in [0.25, 0.3) is 11.5 Å². The maximum Gasteiger partial charge on any atom is 0.271 e. The molecule has 3 aromatic carbocycles. The molecule has 0 spiro atoms. The van der Waals surface area contributed by atoms with Gasteiger partial charge in [0.1, 0.15) is 24.1 Å². The minimum absolute atomic E-state index is 0.155. The Hall–Kier alpha value is -4.94. The van der Waals surface area contributed by atoms with Gasteiger partial charge in [0.15, 0.2) is 4.80 Å². The fraction of sp³-hybridized carbons (Fsp3) is 0.235. The Labute approximate surface area is 254 Å². The summed E-state index contributed by atoms with van der Waals surface area (Å²) in [5.74, 6) is 1.05. The third-order valence-corrected chi connectivity index (χ3v) is 8.40. The second-order valence-corrected chi connectivity index (χ2v) is 10.9. The van der Waals surface area contributed by atoms with Crippen LogP contribution in [0.3, 0.4) is 0 Å². The van der Waals surface area contributed by atoms with Crippen molar-refractivity contribution in [3.8, 4) is 17.6 Å². The number of amides is 1. The van der Waals surface area contributed by atoms with Gasteiger partial charge in [0.05, 0.1) is 34.5 Å². The van der Waals surface area contributed by atoms with Crippen LogP contribution in [0, 0.1) is 11.3 Å². The first kappa shape index (κ1) is 29.5. The normalized spacial score (nSPS) is 14.5. The van der Waals surface area contributed by atoms with Crippen molar-refractivity contribution in [1.82, 2.24) is 9.47 Å². The van der Waals surface area contributed by atoms with E-state index in [4.69, 9.17) is 19.7 Å². The smallest absolute Gasteiger partial charge is 0.271 e. The van der Waals surface area contributed by atoms with E-state index in [1.165, 1.54) is 11.3 Å². The molecule has 0 fully saturated rings. The van der Waals surface area contributed by atoms with Crippen molar-refractivity contribution < 1.29 is 14.3 Å². The molecule has 1 amide bonds. The monoisotopic (exact) mass is 592 g/mol. The van der Waals surface area contributed by atoms with Gasteiger partial charge < -0.3 is 14.4 Å². The molecule has 1 aliphatic rings. The average molecular weight is 593 g/mol. The number of rotatable bonds is 9.